The third-order valence-electron chi connectivity index (χ3n) is 7.31. The highest BCUT2D eigenvalue weighted by molar-refractivity contribution is 5.88. The fourth-order valence-electron chi connectivity index (χ4n) is 4.94. The van der Waals surface area contributed by atoms with Gasteiger partial charge in [-0.3, -0.25) is 4.79 Å². The molecule has 43 heavy (non-hydrogen) atoms. The van der Waals surface area contributed by atoms with Gasteiger partial charge in [0.15, 0.2) is 23.5 Å². The number of benzene rings is 2. The largest absolute Gasteiger partial charge is 0.508 e. The van der Waals surface area contributed by atoms with Crippen LogP contribution in [0.5, 0.6) is 28.7 Å². The summed E-state index contributed by atoms with van der Waals surface area (Å²) in [7, 11) is 0. The third kappa shape index (κ3) is 5.55. The van der Waals surface area contributed by atoms with Crippen molar-refractivity contribution in [1.29, 1.82) is 0 Å². The topological polar surface area (TPSA) is 269 Å². The summed E-state index contributed by atoms with van der Waals surface area (Å²) >= 11 is 0. The van der Waals surface area contributed by atoms with Crippen LogP contribution >= 0.6 is 0 Å². The molecule has 2 unspecified atom stereocenters. The number of aliphatic hydroxyl groups is 6. The van der Waals surface area contributed by atoms with Crippen LogP contribution in [0, 0.1) is 0 Å². The number of phenols is 4. The number of phenolic OH excluding ortho intramolecular Hbond substituents is 4. The molecule has 0 bridgehead atoms. The van der Waals surface area contributed by atoms with Crippen molar-refractivity contribution in [1.82, 2.24) is 0 Å². The van der Waals surface area contributed by atoms with E-state index in [-0.39, 0.29) is 11.1 Å². The Bertz CT molecular complexity index is 1540. The number of fused-ring (bicyclic) bond motifs is 1. The summed E-state index contributed by atoms with van der Waals surface area (Å²) in [5, 5.41) is 102. The number of rotatable bonds is 6. The van der Waals surface area contributed by atoms with Crippen LogP contribution in [-0.4, -0.2) is 119 Å². The van der Waals surface area contributed by atoms with Gasteiger partial charge in [-0.15, -0.1) is 0 Å². The number of hydrogen-bond acceptors (Lipinski definition) is 16. The molecule has 3 aromatic rings. The first-order valence-electron chi connectivity index (χ1n) is 13.0. The lowest BCUT2D eigenvalue weighted by atomic mass is 9.97. The van der Waals surface area contributed by atoms with Gasteiger partial charge >= 0.3 is 0 Å². The molecule has 2 aliphatic heterocycles. The van der Waals surface area contributed by atoms with Crippen LogP contribution in [0.25, 0.3) is 22.3 Å². The van der Waals surface area contributed by atoms with Crippen molar-refractivity contribution in [2.45, 2.75) is 68.3 Å². The summed E-state index contributed by atoms with van der Waals surface area (Å²) in [6.07, 6.45) is -16.6. The number of ether oxygens (including phenoxy) is 4. The Morgan fingerprint density at radius 2 is 1.51 bits per heavy atom. The van der Waals surface area contributed by atoms with Gasteiger partial charge in [0.25, 0.3) is 0 Å². The molecule has 5 rings (SSSR count). The Morgan fingerprint density at radius 1 is 0.791 bits per heavy atom. The summed E-state index contributed by atoms with van der Waals surface area (Å²) in [5.74, 6) is -3.36. The van der Waals surface area contributed by atoms with E-state index in [4.69, 9.17) is 23.4 Å². The molecule has 2 aromatic carbocycles. The lowest BCUT2D eigenvalue weighted by Crippen LogP contribution is -2.64. The monoisotopic (exact) mass is 610 g/mol. The van der Waals surface area contributed by atoms with Crippen molar-refractivity contribution in [2.75, 3.05) is 6.61 Å². The SMILES string of the molecule is C[C@H]1OC(O[C@H]2[C@@H](O)[C@@H](CO)OC(Oc3c(-c4ccc(O)c(O)c4)oc4cc(O)cc(O)c4c3=O)[C@@H]2O)[C@@H](O)[C@@H](O)[C@@H]1O. The van der Waals surface area contributed by atoms with E-state index in [9.17, 15) is 55.9 Å². The van der Waals surface area contributed by atoms with Crippen molar-refractivity contribution in [3.05, 3.63) is 40.6 Å². The Labute approximate surface area is 241 Å². The fraction of sp³-hybridized carbons (Fsp3) is 0.444. The van der Waals surface area contributed by atoms with Crippen LogP contribution in [0.15, 0.2) is 39.5 Å². The van der Waals surface area contributed by atoms with E-state index in [1.54, 1.807) is 0 Å². The molecule has 0 amide bonds. The maximum atomic E-state index is 13.6. The fourth-order valence-corrected chi connectivity index (χ4v) is 4.94. The Kier molecular flexibility index (Phi) is 8.41. The quantitative estimate of drug-likeness (QED) is 0.140. The van der Waals surface area contributed by atoms with Gasteiger partial charge in [0.05, 0.1) is 12.7 Å². The Hall–Kier alpha value is -3.71. The highest BCUT2D eigenvalue weighted by Gasteiger charge is 2.51. The summed E-state index contributed by atoms with van der Waals surface area (Å²) in [6, 6.07) is 5.23. The molecule has 2 fully saturated rings. The van der Waals surface area contributed by atoms with Crippen molar-refractivity contribution in [2.24, 2.45) is 0 Å². The summed E-state index contributed by atoms with van der Waals surface area (Å²) in [5.41, 5.74) is -1.37. The van der Waals surface area contributed by atoms with Gasteiger partial charge in [-0.2, -0.15) is 0 Å². The average molecular weight is 611 g/mol. The van der Waals surface area contributed by atoms with Gasteiger partial charge in [-0.05, 0) is 25.1 Å². The second-order valence-corrected chi connectivity index (χ2v) is 10.2. The summed E-state index contributed by atoms with van der Waals surface area (Å²) in [4.78, 5) is 13.6. The molecule has 10 atom stereocenters. The lowest BCUT2D eigenvalue weighted by molar-refractivity contribution is -0.349. The minimum absolute atomic E-state index is 0.0377. The molecule has 0 aliphatic carbocycles. The van der Waals surface area contributed by atoms with E-state index in [1.165, 1.54) is 13.0 Å². The zero-order chi connectivity index (χ0) is 31.3. The van der Waals surface area contributed by atoms with Gasteiger partial charge in [0, 0.05) is 17.7 Å². The molecule has 16 heteroatoms. The highest BCUT2D eigenvalue weighted by atomic mass is 16.7. The van der Waals surface area contributed by atoms with Crippen LogP contribution in [0.4, 0.5) is 0 Å². The van der Waals surface area contributed by atoms with E-state index in [1.807, 2.05) is 0 Å². The highest BCUT2D eigenvalue weighted by Crippen LogP contribution is 2.39. The lowest BCUT2D eigenvalue weighted by Gasteiger charge is -2.45. The minimum Gasteiger partial charge on any atom is -0.508 e. The Morgan fingerprint density at radius 3 is 2.19 bits per heavy atom. The van der Waals surface area contributed by atoms with Crippen molar-refractivity contribution >= 4 is 11.0 Å². The van der Waals surface area contributed by atoms with Crippen molar-refractivity contribution in [3.8, 4) is 40.1 Å². The zero-order valence-corrected chi connectivity index (χ0v) is 22.3. The third-order valence-corrected chi connectivity index (χ3v) is 7.31. The summed E-state index contributed by atoms with van der Waals surface area (Å²) in [6.45, 7) is 0.538. The van der Waals surface area contributed by atoms with E-state index < -0.39 is 113 Å². The zero-order valence-electron chi connectivity index (χ0n) is 22.3. The predicted octanol–water partition coefficient (Wildman–Crippen LogP) is -1.69. The van der Waals surface area contributed by atoms with Gasteiger partial charge in [-0.1, -0.05) is 0 Å². The van der Waals surface area contributed by atoms with Crippen molar-refractivity contribution in [3.63, 3.8) is 0 Å². The van der Waals surface area contributed by atoms with Crippen LogP contribution < -0.4 is 10.2 Å². The molecule has 0 spiro atoms. The molecule has 2 aliphatic rings. The van der Waals surface area contributed by atoms with Gasteiger partial charge < -0.3 is 74.4 Å². The number of hydrogen-bond donors (Lipinski definition) is 10. The average Bonchev–Trinajstić information content (AvgIpc) is 2.96. The number of aromatic hydroxyl groups is 4. The van der Waals surface area contributed by atoms with E-state index in [0.717, 1.165) is 24.3 Å². The minimum atomic E-state index is -1.97. The first kappa shape index (κ1) is 30.7. The predicted molar refractivity (Wildman–Crippen MR) is 140 cm³/mol. The molecular formula is C27H30O16. The standard InChI is InChI=1S/C27H30O16/c1-8-17(33)20(36)21(37)26(39-8)42-24-18(34)15(7-28)41-27(22(24)38)43-25-19(35)16-13(32)5-10(29)6-14(16)40-23(25)9-2-3-11(30)12(31)4-9/h2-6,8,15,17-18,20-22,24,26-34,36-38H,7H2,1H3/t8-,15-,17-,18+,20+,21+,22-,24+,26?,27?/m1/s1. The molecule has 16 nitrogen and oxygen atoms in total. The molecule has 3 heterocycles. The Balaban J connectivity index is 1.56. The van der Waals surface area contributed by atoms with E-state index in [0.29, 0.717) is 0 Å². The molecule has 2 saturated heterocycles. The summed E-state index contributed by atoms with van der Waals surface area (Å²) < 4.78 is 28.0. The molecule has 10 N–H and O–H groups in total. The second kappa shape index (κ2) is 11.8. The first-order chi connectivity index (χ1) is 20.3. The van der Waals surface area contributed by atoms with Gasteiger partial charge in [0.1, 0.15) is 65.2 Å². The molecule has 234 valence electrons. The molecule has 0 saturated carbocycles. The van der Waals surface area contributed by atoms with Crippen molar-refractivity contribution < 1.29 is 74.4 Å². The molecule has 0 radical (unpaired) electrons. The van der Waals surface area contributed by atoms with E-state index in [2.05, 4.69) is 0 Å². The maximum Gasteiger partial charge on any atom is 0.239 e. The van der Waals surface area contributed by atoms with Crippen LogP contribution in [0.2, 0.25) is 0 Å². The maximum absolute atomic E-state index is 13.6. The van der Waals surface area contributed by atoms with Crippen LogP contribution in [0.3, 0.4) is 0 Å². The second-order valence-electron chi connectivity index (χ2n) is 10.2. The molecule has 1 aromatic heterocycles. The van der Waals surface area contributed by atoms with Crippen LogP contribution in [0.1, 0.15) is 6.92 Å². The normalized spacial score (nSPS) is 33.0. The van der Waals surface area contributed by atoms with Gasteiger partial charge in [0.2, 0.25) is 17.5 Å². The number of aliphatic hydroxyl groups excluding tert-OH is 6. The first-order valence-corrected chi connectivity index (χ1v) is 13.0. The molecular weight excluding hydrogens is 580 g/mol. The smallest absolute Gasteiger partial charge is 0.239 e. The van der Waals surface area contributed by atoms with Gasteiger partial charge in [-0.25, -0.2) is 0 Å². The van der Waals surface area contributed by atoms with Crippen LogP contribution in [-0.2, 0) is 14.2 Å². The van der Waals surface area contributed by atoms with E-state index >= 15 is 0 Å².